The Hall–Kier alpha value is -2.32. The number of methoxy groups -OCH3 is 1. The van der Waals surface area contributed by atoms with Gasteiger partial charge in [-0.2, -0.15) is 0 Å². The fraction of sp³-hybridized carbons (Fsp3) is 0.0714. The molecule has 0 unspecified atom stereocenters. The summed E-state index contributed by atoms with van der Waals surface area (Å²) in [6.45, 7) is 0. The highest BCUT2D eigenvalue weighted by molar-refractivity contribution is 7.92. The Bertz CT molecular complexity index is 869. The summed E-state index contributed by atoms with van der Waals surface area (Å²) in [6, 6.07) is 6.47. The minimum absolute atomic E-state index is 0.0768. The van der Waals surface area contributed by atoms with E-state index in [1.165, 1.54) is 19.2 Å². The highest BCUT2D eigenvalue weighted by atomic mass is 35.5. The summed E-state index contributed by atoms with van der Waals surface area (Å²) in [5.41, 5.74) is -0.765. The van der Waals surface area contributed by atoms with Crippen LogP contribution in [-0.2, 0) is 10.0 Å². The van der Waals surface area contributed by atoms with E-state index in [-0.39, 0.29) is 15.6 Å². The topological polar surface area (TPSA) is 92.7 Å². The van der Waals surface area contributed by atoms with Crippen molar-refractivity contribution in [2.24, 2.45) is 0 Å². The maximum absolute atomic E-state index is 13.1. The van der Waals surface area contributed by atoms with Gasteiger partial charge in [-0.25, -0.2) is 17.6 Å². The molecule has 122 valence electrons. The summed E-state index contributed by atoms with van der Waals surface area (Å²) in [4.78, 5) is 10.9. The number of carboxylic acid groups (broad SMARTS) is 1. The van der Waals surface area contributed by atoms with Crippen LogP contribution in [0.5, 0.6) is 5.75 Å². The molecular formula is C14H11ClFNO5S. The summed E-state index contributed by atoms with van der Waals surface area (Å²) in [7, 11) is -2.73. The SMILES string of the molecule is COc1ccc(S(=O)(=O)Nc2ccc(F)cc2C(=O)O)cc1Cl. The highest BCUT2D eigenvalue weighted by Gasteiger charge is 2.20. The van der Waals surface area contributed by atoms with Gasteiger partial charge >= 0.3 is 5.97 Å². The molecule has 9 heteroatoms. The third-order valence-corrected chi connectivity index (χ3v) is 4.55. The lowest BCUT2D eigenvalue weighted by Gasteiger charge is -2.12. The number of benzene rings is 2. The number of nitrogens with one attached hydrogen (secondary N) is 1. The third kappa shape index (κ3) is 3.72. The van der Waals surface area contributed by atoms with Crippen LogP contribution in [0.4, 0.5) is 10.1 Å². The molecule has 0 aliphatic carbocycles. The molecule has 0 radical (unpaired) electrons. The van der Waals surface area contributed by atoms with E-state index in [9.17, 15) is 17.6 Å². The lowest BCUT2D eigenvalue weighted by molar-refractivity contribution is 0.0697. The van der Waals surface area contributed by atoms with Crippen molar-refractivity contribution in [1.29, 1.82) is 0 Å². The van der Waals surface area contributed by atoms with Crippen molar-refractivity contribution in [3.63, 3.8) is 0 Å². The highest BCUT2D eigenvalue weighted by Crippen LogP contribution is 2.28. The van der Waals surface area contributed by atoms with Crippen molar-refractivity contribution in [3.05, 3.63) is 52.8 Å². The lowest BCUT2D eigenvalue weighted by atomic mass is 10.2. The fourth-order valence-corrected chi connectivity index (χ4v) is 3.23. The largest absolute Gasteiger partial charge is 0.495 e. The van der Waals surface area contributed by atoms with Gasteiger partial charge < -0.3 is 9.84 Å². The van der Waals surface area contributed by atoms with Gasteiger partial charge in [0.1, 0.15) is 11.6 Å². The zero-order chi connectivity index (χ0) is 17.2. The monoisotopic (exact) mass is 359 g/mol. The minimum Gasteiger partial charge on any atom is -0.495 e. The number of ether oxygens (including phenoxy) is 1. The third-order valence-electron chi connectivity index (χ3n) is 2.89. The maximum atomic E-state index is 13.1. The molecule has 6 nitrogen and oxygen atoms in total. The second-order valence-corrected chi connectivity index (χ2v) is 6.49. The first kappa shape index (κ1) is 17.0. The molecule has 2 rings (SSSR count). The molecule has 2 N–H and O–H groups in total. The molecule has 0 atom stereocenters. The zero-order valence-electron chi connectivity index (χ0n) is 11.7. The number of sulfonamides is 1. The first-order chi connectivity index (χ1) is 10.7. The van der Waals surface area contributed by atoms with Crippen LogP contribution in [0.3, 0.4) is 0 Å². The molecule has 2 aromatic rings. The molecule has 0 amide bonds. The van der Waals surface area contributed by atoms with Gasteiger partial charge in [-0.05, 0) is 36.4 Å². The molecular weight excluding hydrogens is 349 g/mol. The Morgan fingerprint density at radius 3 is 2.52 bits per heavy atom. The van der Waals surface area contributed by atoms with E-state index < -0.39 is 27.4 Å². The summed E-state index contributed by atoms with van der Waals surface area (Å²) in [5, 5.41) is 9.11. The van der Waals surface area contributed by atoms with E-state index in [0.29, 0.717) is 5.75 Å². The van der Waals surface area contributed by atoms with Crippen molar-refractivity contribution in [3.8, 4) is 5.75 Å². The van der Waals surface area contributed by atoms with Gasteiger partial charge in [0, 0.05) is 0 Å². The summed E-state index contributed by atoms with van der Waals surface area (Å²) >= 11 is 5.88. The van der Waals surface area contributed by atoms with Crippen molar-refractivity contribution >= 4 is 33.3 Å². The Kier molecular flexibility index (Phi) is 4.76. The number of carbonyl (C=O) groups is 1. The van der Waals surface area contributed by atoms with Crippen LogP contribution in [0.25, 0.3) is 0 Å². The number of halogens is 2. The van der Waals surface area contributed by atoms with Crippen molar-refractivity contribution < 1.29 is 27.4 Å². The van der Waals surface area contributed by atoms with E-state index in [0.717, 1.165) is 24.3 Å². The molecule has 0 aliphatic rings. The van der Waals surface area contributed by atoms with Crippen LogP contribution in [0.15, 0.2) is 41.3 Å². The van der Waals surface area contributed by atoms with E-state index >= 15 is 0 Å². The number of hydrogen-bond acceptors (Lipinski definition) is 4. The maximum Gasteiger partial charge on any atom is 0.337 e. The van der Waals surface area contributed by atoms with Gasteiger partial charge in [0.25, 0.3) is 10.0 Å². The van der Waals surface area contributed by atoms with Gasteiger partial charge in [-0.3, -0.25) is 4.72 Å². The van der Waals surface area contributed by atoms with Gasteiger partial charge in [-0.1, -0.05) is 11.6 Å². The van der Waals surface area contributed by atoms with Crippen LogP contribution < -0.4 is 9.46 Å². The quantitative estimate of drug-likeness (QED) is 0.856. The number of hydrogen-bond donors (Lipinski definition) is 2. The number of anilines is 1. The van der Waals surface area contributed by atoms with Crippen molar-refractivity contribution in [2.75, 3.05) is 11.8 Å². The smallest absolute Gasteiger partial charge is 0.337 e. The average molecular weight is 360 g/mol. The van der Waals surface area contributed by atoms with E-state index in [1.807, 2.05) is 0 Å². The molecule has 23 heavy (non-hydrogen) atoms. The van der Waals surface area contributed by atoms with Gasteiger partial charge in [0.05, 0.1) is 28.3 Å². The lowest BCUT2D eigenvalue weighted by Crippen LogP contribution is -2.15. The molecule has 2 aromatic carbocycles. The van der Waals surface area contributed by atoms with Crippen LogP contribution >= 0.6 is 11.6 Å². The zero-order valence-corrected chi connectivity index (χ0v) is 13.3. The summed E-state index contributed by atoms with van der Waals surface area (Å²) < 4.78 is 44.8. The Morgan fingerprint density at radius 2 is 1.96 bits per heavy atom. The van der Waals surface area contributed by atoms with Crippen LogP contribution in [0.1, 0.15) is 10.4 Å². The Morgan fingerprint density at radius 1 is 1.26 bits per heavy atom. The second kappa shape index (κ2) is 6.43. The van der Waals surface area contributed by atoms with Crippen molar-refractivity contribution in [2.45, 2.75) is 4.90 Å². The minimum atomic E-state index is -4.11. The second-order valence-electron chi connectivity index (χ2n) is 4.40. The molecule has 0 fully saturated rings. The van der Waals surface area contributed by atoms with E-state index in [2.05, 4.69) is 4.72 Å². The molecule has 0 spiro atoms. The summed E-state index contributed by atoms with van der Waals surface area (Å²) in [5.74, 6) is -1.97. The van der Waals surface area contributed by atoms with Crippen LogP contribution in [0, 0.1) is 5.82 Å². The van der Waals surface area contributed by atoms with Crippen LogP contribution in [0.2, 0.25) is 5.02 Å². The molecule has 0 saturated carbocycles. The predicted molar refractivity (Wildman–Crippen MR) is 82.2 cm³/mol. The standard InChI is InChI=1S/C14H11ClFNO5S/c1-22-13-5-3-9(7-11(13)15)23(20,21)17-12-4-2-8(16)6-10(12)14(18)19/h2-7,17H,1H3,(H,18,19). The molecule has 0 aliphatic heterocycles. The van der Waals surface area contributed by atoms with E-state index in [1.54, 1.807) is 0 Å². The van der Waals surface area contributed by atoms with Crippen molar-refractivity contribution in [1.82, 2.24) is 0 Å². The van der Waals surface area contributed by atoms with Gasteiger partial charge in [0.2, 0.25) is 0 Å². The van der Waals surface area contributed by atoms with Crippen LogP contribution in [-0.4, -0.2) is 26.6 Å². The molecule has 0 saturated heterocycles. The van der Waals surface area contributed by atoms with E-state index in [4.69, 9.17) is 21.4 Å². The Labute approximate surface area is 136 Å². The molecule has 0 bridgehead atoms. The summed E-state index contributed by atoms with van der Waals surface area (Å²) in [6.07, 6.45) is 0. The predicted octanol–water partition coefficient (Wildman–Crippen LogP) is 2.99. The number of carboxylic acids is 1. The first-order valence-corrected chi connectivity index (χ1v) is 8.00. The molecule has 0 heterocycles. The van der Waals surface area contributed by atoms with Gasteiger partial charge in [-0.15, -0.1) is 0 Å². The normalized spacial score (nSPS) is 11.1. The van der Waals surface area contributed by atoms with Gasteiger partial charge in [0.15, 0.2) is 0 Å². The number of rotatable bonds is 5. The molecule has 0 aromatic heterocycles. The average Bonchev–Trinajstić information content (AvgIpc) is 2.48. The number of aromatic carboxylic acids is 1. The fourth-order valence-electron chi connectivity index (χ4n) is 1.80. The Balaban J connectivity index is 2.43. The first-order valence-electron chi connectivity index (χ1n) is 6.14.